The highest BCUT2D eigenvalue weighted by atomic mass is 35.5. The highest BCUT2D eigenvalue weighted by molar-refractivity contribution is 6.30. The van der Waals surface area contributed by atoms with Crippen LogP contribution >= 0.6 is 11.6 Å². The van der Waals surface area contributed by atoms with Crippen molar-refractivity contribution in [3.8, 4) is 17.6 Å². The van der Waals surface area contributed by atoms with E-state index in [1.165, 1.54) is 9.13 Å². The molecule has 0 fully saturated rings. The van der Waals surface area contributed by atoms with Gasteiger partial charge in [0.1, 0.15) is 0 Å². The molecule has 0 aliphatic carbocycles. The van der Waals surface area contributed by atoms with E-state index in [1.807, 2.05) is 32.0 Å². The lowest BCUT2D eigenvalue weighted by molar-refractivity contribution is -0.774. The van der Waals surface area contributed by atoms with Gasteiger partial charge in [0.2, 0.25) is 17.7 Å². The van der Waals surface area contributed by atoms with Crippen LogP contribution in [0.1, 0.15) is 11.1 Å². The molecular weight excluding hydrogens is 414 g/mol. The van der Waals surface area contributed by atoms with E-state index in [4.69, 9.17) is 11.6 Å². The summed E-state index contributed by atoms with van der Waals surface area (Å²) in [5.74, 6) is -0.460. The summed E-state index contributed by atoms with van der Waals surface area (Å²) in [6.45, 7) is 3.83. The summed E-state index contributed by atoms with van der Waals surface area (Å²) >= 11 is 6.11. The molecule has 0 bridgehead atoms. The van der Waals surface area contributed by atoms with Crippen LogP contribution in [0.25, 0.3) is 16.6 Å². The number of carbonyl (C=O) groups is 1. The lowest BCUT2D eigenvalue weighted by Gasteiger charge is -2.07. The number of aromatic nitrogens is 2. The molecule has 1 heterocycles. The lowest BCUT2D eigenvalue weighted by Crippen LogP contribution is -2.49. The van der Waals surface area contributed by atoms with E-state index in [9.17, 15) is 15.0 Å². The quantitative estimate of drug-likeness (QED) is 0.427. The Hall–Kier alpha value is -3.64. The summed E-state index contributed by atoms with van der Waals surface area (Å²) < 4.78 is 2.71. The van der Waals surface area contributed by atoms with Crippen molar-refractivity contribution in [2.24, 2.45) is 0 Å². The summed E-state index contributed by atoms with van der Waals surface area (Å²) in [7, 11) is 0. The van der Waals surface area contributed by atoms with Gasteiger partial charge in [-0.1, -0.05) is 40.4 Å². The molecule has 4 rings (SSSR count). The zero-order valence-corrected chi connectivity index (χ0v) is 17.9. The molecule has 0 spiro atoms. The molecule has 3 aromatic carbocycles. The van der Waals surface area contributed by atoms with Crippen molar-refractivity contribution in [3.05, 3.63) is 82.9 Å². The number of benzene rings is 3. The maximum absolute atomic E-state index is 12.8. The van der Waals surface area contributed by atoms with Crippen LogP contribution in [-0.2, 0) is 11.3 Å². The number of aromatic hydroxyl groups is 2. The molecular formula is C24H22ClN3O3+2. The average molecular weight is 436 g/mol. The maximum atomic E-state index is 12.8. The Kier molecular flexibility index (Phi) is 5.48. The van der Waals surface area contributed by atoms with Gasteiger partial charge in [-0.05, 0) is 53.8 Å². The largest absolute Gasteiger partial charge is 0.638 e. The molecule has 1 amide bonds. The fourth-order valence-corrected chi connectivity index (χ4v) is 3.70. The van der Waals surface area contributed by atoms with Crippen molar-refractivity contribution in [2.75, 3.05) is 5.32 Å². The molecule has 0 aliphatic rings. The number of nitrogens with zero attached hydrogens (tertiary/aromatic N) is 2. The SMILES string of the molecule is Cc1ccc(NC(=O)C[n+]2c(O)[n+](-c3cccc(Cl)c3)c(O)c3ccccc32)cc1C. The molecule has 3 N–H and O–H groups in total. The average Bonchev–Trinajstić information content (AvgIpc) is 2.74. The molecule has 0 saturated carbocycles. The molecule has 31 heavy (non-hydrogen) atoms. The molecule has 4 aromatic rings. The molecule has 6 nitrogen and oxygen atoms in total. The van der Waals surface area contributed by atoms with Gasteiger partial charge in [-0.3, -0.25) is 4.79 Å². The first-order valence-electron chi connectivity index (χ1n) is 9.76. The fourth-order valence-electron chi connectivity index (χ4n) is 3.51. The Bertz CT molecular complexity index is 1320. The standard InChI is InChI=1S/C24H20ClN3O3/c1-15-10-11-18(12-16(15)2)26-22(29)14-27-21-9-4-3-8-20(21)23(30)28(24(27)31)19-7-5-6-17(25)13-19/h3-13H,14H2,1-2H3,(H,26,29)/p+2. The molecule has 0 unspecified atom stereocenters. The summed E-state index contributed by atoms with van der Waals surface area (Å²) in [5.41, 5.74) is 3.88. The van der Waals surface area contributed by atoms with Gasteiger partial charge in [0.05, 0.1) is 0 Å². The smallest absolute Gasteiger partial charge is 0.459 e. The molecule has 7 heteroatoms. The van der Waals surface area contributed by atoms with Crippen molar-refractivity contribution in [3.63, 3.8) is 0 Å². The van der Waals surface area contributed by atoms with Gasteiger partial charge >= 0.3 is 11.9 Å². The van der Waals surface area contributed by atoms with Crippen molar-refractivity contribution in [2.45, 2.75) is 20.4 Å². The van der Waals surface area contributed by atoms with Crippen LogP contribution in [0.3, 0.4) is 0 Å². The van der Waals surface area contributed by atoms with Gasteiger partial charge in [-0.15, -0.1) is 0 Å². The minimum atomic E-state index is -0.308. The minimum Gasteiger partial charge on any atom is -0.459 e. The molecule has 0 aliphatic heterocycles. The first kappa shape index (κ1) is 20.6. The number of nitrogens with one attached hydrogen (secondary N) is 1. The first-order chi connectivity index (χ1) is 14.8. The predicted octanol–water partition coefficient (Wildman–Crippen LogP) is 3.72. The molecule has 156 valence electrons. The van der Waals surface area contributed by atoms with Gasteiger partial charge in [0.15, 0.2) is 5.39 Å². The van der Waals surface area contributed by atoms with Crippen molar-refractivity contribution in [1.82, 2.24) is 0 Å². The Labute approximate surface area is 184 Å². The zero-order valence-electron chi connectivity index (χ0n) is 17.1. The van der Waals surface area contributed by atoms with Crippen molar-refractivity contribution >= 4 is 34.1 Å². The number of aryl methyl sites for hydroxylation is 2. The molecule has 1 aromatic heterocycles. The number of hydrogen-bond acceptors (Lipinski definition) is 3. The lowest BCUT2D eigenvalue weighted by atomic mass is 10.1. The Morgan fingerprint density at radius 1 is 0.968 bits per heavy atom. The predicted molar refractivity (Wildman–Crippen MR) is 119 cm³/mol. The fraction of sp³-hybridized carbons (Fsp3) is 0.125. The van der Waals surface area contributed by atoms with Crippen LogP contribution in [-0.4, -0.2) is 16.1 Å². The van der Waals surface area contributed by atoms with E-state index < -0.39 is 0 Å². The van der Waals surface area contributed by atoms with Crippen LogP contribution in [0, 0.1) is 13.8 Å². The third-order valence-corrected chi connectivity index (χ3v) is 5.48. The minimum absolute atomic E-state index is 0.152. The summed E-state index contributed by atoms with van der Waals surface area (Å²) in [6, 6.07) is 19.2. The van der Waals surface area contributed by atoms with E-state index in [-0.39, 0.29) is 24.3 Å². The third-order valence-electron chi connectivity index (χ3n) is 5.25. The van der Waals surface area contributed by atoms with Crippen LogP contribution in [0.4, 0.5) is 5.69 Å². The zero-order chi connectivity index (χ0) is 22.1. The Morgan fingerprint density at radius 2 is 1.74 bits per heavy atom. The molecule has 0 atom stereocenters. The number of para-hydroxylation sites is 1. The number of amides is 1. The molecule has 0 saturated heterocycles. The normalized spacial score (nSPS) is 10.9. The third kappa shape index (κ3) is 4.02. The number of rotatable bonds is 4. The second kappa shape index (κ2) is 8.24. The van der Waals surface area contributed by atoms with Gasteiger partial charge in [-0.25, -0.2) is 0 Å². The van der Waals surface area contributed by atoms with Gasteiger partial charge < -0.3 is 15.5 Å². The number of halogens is 1. The van der Waals surface area contributed by atoms with Crippen molar-refractivity contribution in [1.29, 1.82) is 0 Å². The second-order valence-corrected chi connectivity index (χ2v) is 7.83. The summed E-state index contributed by atoms with van der Waals surface area (Å²) in [6.07, 6.45) is 0. The number of carbonyl (C=O) groups excluding carboxylic acids is 1. The van der Waals surface area contributed by atoms with Crippen LogP contribution in [0.15, 0.2) is 66.7 Å². The highest BCUT2D eigenvalue weighted by Crippen LogP contribution is 2.23. The van der Waals surface area contributed by atoms with E-state index in [0.29, 0.717) is 27.3 Å². The Balaban J connectivity index is 1.79. The Morgan fingerprint density at radius 3 is 2.48 bits per heavy atom. The maximum Gasteiger partial charge on any atom is 0.638 e. The van der Waals surface area contributed by atoms with Crippen LogP contribution in [0.2, 0.25) is 5.02 Å². The summed E-state index contributed by atoms with van der Waals surface area (Å²) in [5, 5.41) is 25.7. The van der Waals surface area contributed by atoms with E-state index in [1.54, 1.807) is 48.5 Å². The topological polar surface area (TPSA) is 77.3 Å². The first-order valence-corrected chi connectivity index (χ1v) is 10.1. The number of anilines is 1. The van der Waals surface area contributed by atoms with E-state index >= 15 is 0 Å². The summed E-state index contributed by atoms with van der Waals surface area (Å²) in [4.78, 5) is 12.8. The van der Waals surface area contributed by atoms with E-state index in [2.05, 4.69) is 5.32 Å². The number of fused-ring (bicyclic) bond motifs is 1. The van der Waals surface area contributed by atoms with Gasteiger partial charge in [-0.2, -0.15) is 0 Å². The number of hydrogen-bond donors (Lipinski definition) is 3. The van der Waals surface area contributed by atoms with Crippen LogP contribution in [0.5, 0.6) is 11.9 Å². The van der Waals surface area contributed by atoms with Crippen molar-refractivity contribution < 1.29 is 24.1 Å². The van der Waals surface area contributed by atoms with Gasteiger partial charge in [0.25, 0.3) is 5.91 Å². The van der Waals surface area contributed by atoms with Gasteiger partial charge in [0, 0.05) is 28.9 Å². The van der Waals surface area contributed by atoms with E-state index in [0.717, 1.165) is 11.1 Å². The highest BCUT2D eigenvalue weighted by Gasteiger charge is 2.36. The second-order valence-electron chi connectivity index (χ2n) is 7.39. The molecule has 0 radical (unpaired) electrons. The van der Waals surface area contributed by atoms with Crippen LogP contribution < -0.4 is 14.5 Å². The monoisotopic (exact) mass is 435 g/mol.